The molecule has 1 fully saturated rings. The highest BCUT2D eigenvalue weighted by atomic mass is 127. The minimum Gasteiger partial charge on any atom is -0.496 e. The van der Waals surface area contributed by atoms with Crippen molar-refractivity contribution in [1.29, 1.82) is 0 Å². The van der Waals surface area contributed by atoms with Crippen molar-refractivity contribution in [3.05, 3.63) is 62.7 Å². The van der Waals surface area contributed by atoms with Gasteiger partial charge >= 0.3 is 5.97 Å². The molecular weight excluding hydrogens is 445 g/mol. The van der Waals surface area contributed by atoms with Crippen LogP contribution in [0.1, 0.15) is 35.3 Å². The van der Waals surface area contributed by atoms with Crippen LogP contribution in [0, 0.1) is 9.49 Å². The van der Waals surface area contributed by atoms with Crippen molar-refractivity contribution < 1.29 is 19.1 Å². The van der Waals surface area contributed by atoms with Gasteiger partial charge in [-0.1, -0.05) is 32.0 Å². The van der Waals surface area contributed by atoms with Crippen LogP contribution in [0.4, 0.5) is 0 Å². The van der Waals surface area contributed by atoms with Crippen LogP contribution >= 0.6 is 22.6 Å². The summed E-state index contributed by atoms with van der Waals surface area (Å²) in [5.41, 5.74) is 0.822. The third kappa shape index (κ3) is 2.14. The summed E-state index contributed by atoms with van der Waals surface area (Å²) in [5.74, 6) is 0.143. The monoisotopic (exact) mass is 463 g/mol. The number of carbonyl (C=O) groups is 2. The fourth-order valence-electron chi connectivity index (χ4n) is 3.91. The van der Waals surface area contributed by atoms with Gasteiger partial charge < -0.3 is 9.47 Å². The van der Waals surface area contributed by atoms with E-state index in [1.54, 1.807) is 18.1 Å². The summed E-state index contributed by atoms with van der Waals surface area (Å²) < 4.78 is 12.2. The molecule has 0 radical (unpaired) electrons. The second-order valence-electron chi connectivity index (χ2n) is 6.82. The lowest BCUT2D eigenvalue weighted by Crippen LogP contribution is -2.47. The average molecular weight is 463 g/mol. The van der Waals surface area contributed by atoms with Gasteiger partial charge in [-0.3, -0.25) is 9.69 Å². The number of hydrogen-bond donors (Lipinski definition) is 0. The molecule has 0 spiro atoms. The number of ether oxygens (including phenoxy) is 2. The van der Waals surface area contributed by atoms with Gasteiger partial charge in [0.2, 0.25) is 5.72 Å². The molecule has 0 N–H and O–H groups in total. The fraction of sp³-hybridized carbons (Fsp3) is 0.300. The Morgan fingerprint density at radius 2 is 1.92 bits per heavy atom. The SMILES string of the molecule is COc1ccc(C23OC(=O)C(C(C)C)N2C(=O)c2ccccc23)cc1I. The third-order valence-corrected chi connectivity index (χ3v) is 5.87. The van der Waals surface area contributed by atoms with E-state index in [0.717, 1.165) is 14.9 Å². The highest BCUT2D eigenvalue weighted by Gasteiger charge is 2.63. The first-order chi connectivity index (χ1) is 12.4. The molecule has 26 heavy (non-hydrogen) atoms. The molecule has 2 unspecified atom stereocenters. The van der Waals surface area contributed by atoms with Crippen LogP contribution in [0.5, 0.6) is 5.75 Å². The highest BCUT2D eigenvalue weighted by Crippen LogP contribution is 2.52. The second-order valence-corrected chi connectivity index (χ2v) is 7.99. The topological polar surface area (TPSA) is 55.8 Å². The number of rotatable bonds is 3. The van der Waals surface area contributed by atoms with Crippen LogP contribution in [-0.2, 0) is 15.3 Å². The van der Waals surface area contributed by atoms with E-state index in [9.17, 15) is 9.59 Å². The molecule has 1 amide bonds. The summed E-state index contributed by atoms with van der Waals surface area (Å²) in [5, 5.41) is 0. The van der Waals surface area contributed by atoms with Crippen molar-refractivity contribution in [3.8, 4) is 5.75 Å². The molecule has 2 atom stereocenters. The van der Waals surface area contributed by atoms with Gasteiger partial charge in [0.15, 0.2) is 0 Å². The Hall–Kier alpha value is -2.09. The summed E-state index contributed by atoms with van der Waals surface area (Å²) in [6, 6.07) is 12.3. The van der Waals surface area contributed by atoms with Crippen molar-refractivity contribution >= 4 is 34.5 Å². The maximum atomic E-state index is 13.2. The van der Waals surface area contributed by atoms with Gasteiger partial charge in [-0.2, -0.15) is 0 Å². The zero-order valence-corrected chi connectivity index (χ0v) is 16.8. The maximum Gasteiger partial charge on any atom is 0.331 e. The van der Waals surface area contributed by atoms with Gasteiger partial charge in [0.25, 0.3) is 5.91 Å². The minimum atomic E-state index is -1.22. The zero-order valence-electron chi connectivity index (χ0n) is 14.7. The Morgan fingerprint density at radius 1 is 1.19 bits per heavy atom. The lowest BCUT2D eigenvalue weighted by Gasteiger charge is -2.33. The summed E-state index contributed by atoms with van der Waals surface area (Å²) in [4.78, 5) is 27.5. The number of fused-ring (bicyclic) bond motifs is 3. The van der Waals surface area contributed by atoms with Crippen LogP contribution in [-0.4, -0.2) is 29.9 Å². The van der Waals surface area contributed by atoms with Crippen LogP contribution in [0.15, 0.2) is 42.5 Å². The van der Waals surface area contributed by atoms with Crippen molar-refractivity contribution in [2.24, 2.45) is 5.92 Å². The number of methoxy groups -OCH3 is 1. The number of amides is 1. The van der Waals surface area contributed by atoms with Gasteiger partial charge in [-0.15, -0.1) is 0 Å². The van der Waals surface area contributed by atoms with Crippen molar-refractivity contribution in [2.45, 2.75) is 25.6 Å². The summed E-state index contributed by atoms with van der Waals surface area (Å²) in [6.45, 7) is 3.85. The number of halogens is 1. The van der Waals surface area contributed by atoms with Gasteiger partial charge in [-0.25, -0.2) is 4.79 Å². The average Bonchev–Trinajstić information content (AvgIpc) is 3.06. The third-order valence-electron chi connectivity index (χ3n) is 5.02. The Labute approximate surface area is 165 Å². The molecule has 0 bridgehead atoms. The Kier molecular flexibility index (Phi) is 3.98. The molecule has 5 nitrogen and oxygen atoms in total. The standard InChI is InChI=1S/C20H18INO4/c1-11(2)17-19(24)26-20(12-8-9-16(25-3)15(21)10-12)14-7-5-4-6-13(14)18(23)22(17)20/h4-11,17H,1-3H3. The molecular formula is C20H18INO4. The first kappa shape index (κ1) is 17.3. The predicted octanol–water partition coefficient (Wildman–Crippen LogP) is 3.54. The van der Waals surface area contributed by atoms with Gasteiger partial charge in [0.1, 0.15) is 11.8 Å². The number of benzene rings is 2. The molecule has 0 saturated carbocycles. The van der Waals surface area contributed by atoms with Crippen molar-refractivity contribution in [1.82, 2.24) is 4.90 Å². The van der Waals surface area contributed by atoms with E-state index in [0.29, 0.717) is 11.1 Å². The number of hydrogen-bond acceptors (Lipinski definition) is 4. The van der Waals surface area contributed by atoms with Crippen molar-refractivity contribution in [2.75, 3.05) is 7.11 Å². The van der Waals surface area contributed by atoms with Crippen LogP contribution < -0.4 is 4.74 Å². The van der Waals surface area contributed by atoms with E-state index >= 15 is 0 Å². The second kappa shape index (κ2) is 5.97. The van der Waals surface area contributed by atoms with Gasteiger partial charge in [0, 0.05) is 16.7 Å². The normalized spacial score (nSPS) is 23.9. The number of nitrogens with zero attached hydrogens (tertiary/aromatic N) is 1. The van der Waals surface area contributed by atoms with E-state index in [-0.39, 0.29) is 17.8 Å². The lowest BCUT2D eigenvalue weighted by atomic mass is 9.93. The molecule has 134 valence electrons. The summed E-state index contributed by atoms with van der Waals surface area (Å²) in [7, 11) is 1.61. The molecule has 4 rings (SSSR count). The largest absolute Gasteiger partial charge is 0.496 e. The van der Waals surface area contributed by atoms with Gasteiger partial charge in [0.05, 0.1) is 10.7 Å². The fourth-order valence-corrected chi connectivity index (χ4v) is 4.64. The first-order valence-corrected chi connectivity index (χ1v) is 9.49. The number of carbonyl (C=O) groups excluding carboxylic acids is 2. The summed E-state index contributed by atoms with van der Waals surface area (Å²) in [6.07, 6.45) is 0. The molecule has 0 aliphatic carbocycles. The van der Waals surface area contributed by atoms with Crippen LogP contribution in [0.3, 0.4) is 0 Å². The molecule has 6 heteroatoms. The van der Waals surface area contributed by atoms with E-state index in [2.05, 4.69) is 22.6 Å². The molecule has 2 aromatic carbocycles. The van der Waals surface area contributed by atoms with E-state index in [1.807, 2.05) is 50.2 Å². The first-order valence-electron chi connectivity index (χ1n) is 8.42. The minimum absolute atomic E-state index is 0.0556. The Bertz CT molecular complexity index is 926. The van der Waals surface area contributed by atoms with Crippen LogP contribution in [0.25, 0.3) is 0 Å². The molecule has 2 aromatic rings. The van der Waals surface area contributed by atoms with E-state index in [1.165, 1.54) is 0 Å². The zero-order chi connectivity index (χ0) is 18.6. The predicted molar refractivity (Wildman–Crippen MR) is 104 cm³/mol. The molecule has 2 heterocycles. The molecule has 2 aliphatic heterocycles. The van der Waals surface area contributed by atoms with Gasteiger partial charge in [-0.05, 0) is 52.8 Å². The van der Waals surface area contributed by atoms with E-state index in [4.69, 9.17) is 9.47 Å². The van der Waals surface area contributed by atoms with Crippen LogP contribution in [0.2, 0.25) is 0 Å². The maximum absolute atomic E-state index is 13.2. The molecule has 2 aliphatic rings. The molecule has 0 aromatic heterocycles. The Morgan fingerprint density at radius 3 is 2.58 bits per heavy atom. The van der Waals surface area contributed by atoms with Crippen molar-refractivity contribution in [3.63, 3.8) is 0 Å². The number of esters is 1. The lowest BCUT2D eigenvalue weighted by molar-refractivity contribution is -0.149. The highest BCUT2D eigenvalue weighted by molar-refractivity contribution is 14.1. The summed E-state index contributed by atoms with van der Waals surface area (Å²) >= 11 is 2.18. The Balaban J connectivity index is 2.00. The van der Waals surface area contributed by atoms with E-state index < -0.39 is 11.8 Å². The quantitative estimate of drug-likeness (QED) is 0.517. The molecule has 1 saturated heterocycles. The smallest absolute Gasteiger partial charge is 0.331 e.